The lowest BCUT2D eigenvalue weighted by Gasteiger charge is -2.31. The van der Waals surface area contributed by atoms with Crippen molar-refractivity contribution in [2.45, 2.75) is 38.2 Å². The molecular formula is C15H23NO. The van der Waals surface area contributed by atoms with Crippen molar-refractivity contribution in [3.63, 3.8) is 0 Å². The zero-order chi connectivity index (χ0) is 12.1. The molecule has 94 valence electrons. The molecule has 2 nitrogen and oxygen atoms in total. The highest BCUT2D eigenvalue weighted by Gasteiger charge is 2.26. The molecule has 0 saturated carbocycles. The minimum atomic E-state index is -0.578. The molecule has 2 unspecified atom stereocenters. The van der Waals surface area contributed by atoms with Gasteiger partial charge in [-0.3, -0.25) is 0 Å². The summed E-state index contributed by atoms with van der Waals surface area (Å²) in [5.41, 5.74) is 0.645. The Bertz CT molecular complexity index is 328. The van der Waals surface area contributed by atoms with E-state index in [9.17, 15) is 5.11 Å². The number of nitrogens with one attached hydrogen (secondary N) is 1. The van der Waals surface area contributed by atoms with Gasteiger partial charge >= 0.3 is 0 Å². The topological polar surface area (TPSA) is 32.3 Å². The number of piperidine rings is 1. The van der Waals surface area contributed by atoms with Crippen molar-refractivity contribution < 1.29 is 5.11 Å². The van der Waals surface area contributed by atoms with Crippen LogP contribution in [0, 0.1) is 5.92 Å². The van der Waals surface area contributed by atoms with Crippen LogP contribution < -0.4 is 5.32 Å². The Morgan fingerprint density at radius 1 is 1.35 bits per heavy atom. The predicted molar refractivity (Wildman–Crippen MR) is 71.0 cm³/mol. The molecule has 1 aliphatic heterocycles. The second kappa shape index (κ2) is 5.65. The maximum Gasteiger partial charge on any atom is 0.0663 e. The SMILES string of the molecule is CC(O)(Cc1ccccc1)CC1CCCNC1. The quantitative estimate of drug-likeness (QED) is 0.837. The molecule has 0 amide bonds. The van der Waals surface area contributed by atoms with Crippen molar-refractivity contribution in [2.24, 2.45) is 5.92 Å². The van der Waals surface area contributed by atoms with Crippen LogP contribution in [0.5, 0.6) is 0 Å². The highest BCUT2D eigenvalue weighted by molar-refractivity contribution is 5.16. The largest absolute Gasteiger partial charge is 0.390 e. The summed E-state index contributed by atoms with van der Waals surface area (Å²) in [5.74, 6) is 0.627. The third kappa shape index (κ3) is 4.14. The van der Waals surface area contributed by atoms with Crippen molar-refractivity contribution >= 4 is 0 Å². The van der Waals surface area contributed by atoms with E-state index < -0.39 is 5.60 Å². The van der Waals surface area contributed by atoms with Crippen LogP contribution in [0.3, 0.4) is 0 Å². The van der Waals surface area contributed by atoms with E-state index >= 15 is 0 Å². The molecule has 1 aromatic rings. The number of benzene rings is 1. The van der Waals surface area contributed by atoms with Gasteiger partial charge in [-0.15, -0.1) is 0 Å². The molecule has 0 aliphatic carbocycles. The Labute approximate surface area is 104 Å². The van der Waals surface area contributed by atoms with Gasteiger partial charge in [0.25, 0.3) is 0 Å². The van der Waals surface area contributed by atoms with Crippen LogP contribution in [0.1, 0.15) is 31.7 Å². The molecule has 1 heterocycles. The van der Waals surface area contributed by atoms with E-state index in [1.165, 1.54) is 18.4 Å². The maximum atomic E-state index is 10.5. The summed E-state index contributed by atoms with van der Waals surface area (Å²) in [6, 6.07) is 10.3. The number of hydrogen-bond donors (Lipinski definition) is 2. The molecule has 1 saturated heterocycles. The Morgan fingerprint density at radius 2 is 2.12 bits per heavy atom. The summed E-state index contributed by atoms with van der Waals surface area (Å²) in [6.45, 7) is 4.16. The molecule has 2 heteroatoms. The summed E-state index contributed by atoms with van der Waals surface area (Å²) in [7, 11) is 0. The monoisotopic (exact) mass is 233 g/mol. The molecule has 2 rings (SSSR count). The van der Waals surface area contributed by atoms with Gasteiger partial charge in [0.1, 0.15) is 0 Å². The summed E-state index contributed by atoms with van der Waals surface area (Å²) in [4.78, 5) is 0. The van der Waals surface area contributed by atoms with E-state index in [1.807, 2.05) is 25.1 Å². The normalized spacial score (nSPS) is 24.2. The maximum absolute atomic E-state index is 10.5. The van der Waals surface area contributed by atoms with Crippen LogP contribution in [0.4, 0.5) is 0 Å². The Morgan fingerprint density at radius 3 is 2.76 bits per heavy atom. The van der Waals surface area contributed by atoms with Crippen molar-refractivity contribution in [3.05, 3.63) is 35.9 Å². The van der Waals surface area contributed by atoms with Gasteiger partial charge in [0, 0.05) is 6.42 Å². The Kier molecular flexibility index (Phi) is 4.19. The fourth-order valence-electron chi connectivity index (χ4n) is 2.83. The lowest BCUT2D eigenvalue weighted by atomic mass is 9.83. The third-order valence-corrected chi connectivity index (χ3v) is 3.56. The molecule has 0 bridgehead atoms. The van der Waals surface area contributed by atoms with E-state index in [-0.39, 0.29) is 0 Å². The first kappa shape index (κ1) is 12.6. The molecule has 1 fully saturated rings. The predicted octanol–water partition coefficient (Wildman–Crippen LogP) is 2.37. The molecule has 2 atom stereocenters. The fourth-order valence-corrected chi connectivity index (χ4v) is 2.83. The average molecular weight is 233 g/mol. The highest BCUT2D eigenvalue weighted by atomic mass is 16.3. The first-order valence-corrected chi connectivity index (χ1v) is 6.63. The van der Waals surface area contributed by atoms with E-state index in [0.29, 0.717) is 5.92 Å². The molecule has 0 radical (unpaired) electrons. The Hall–Kier alpha value is -0.860. The average Bonchev–Trinajstić information content (AvgIpc) is 2.30. The summed E-state index contributed by atoms with van der Waals surface area (Å²) in [5, 5.41) is 13.9. The van der Waals surface area contributed by atoms with Crippen LogP contribution in [0.2, 0.25) is 0 Å². The number of rotatable bonds is 4. The van der Waals surface area contributed by atoms with Gasteiger partial charge in [-0.05, 0) is 50.8 Å². The van der Waals surface area contributed by atoms with E-state index in [2.05, 4.69) is 17.4 Å². The van der Waals surface area contributed by atoms with Gasteiger partial charge < -0.3 is 10.4 Å². The van der Waals surface area contributed by atoms with Crippen LogP contribution in [-0.2, 0) is 6.42 Å². The molecule has 0 aromatic heterocycles. The number of aliphatic hydroxyl groups is 1. The van der Waals surface area contributed by atoms with Crippen molar-refractivity contribution in [2.75, 3.05) is 13.1 Å². The van der Waals surface area contributed by atoms with Crippen molar-refractivity contribution in [3.8, 4) is 0 Å². The van der Waals surface area contributed by atoms with Crippen LogP contribution >= 0.6 is 0 Å². The van der Waals surface area contributed by atoms with Crippen molar-refractivity contribution in [1.29, 1.82) is 0 Å². The standard InChI is InChI=1S/C15H23NO/c1-15(17,10-13-6-3-2-4-7-13)11-14-8-5-9-16-12-14/h2-4,6-7,14,16-17H,5,8-12H2,1H3. The molecule has 1 aromatic carbocycles. The number of hydrogen-bond acceptors (Lipinski definition) is 2. The van der Waals surface area contributed by atoms with Gasteiger partial charge in [-0.2, -0.15) is 0 Å². The molecule has 2 N–H and O–H groups in total. The van der Waals surface area contributed by atoms with Gasteiger partial charge in [0.05, 0.1) is 5.60 Å². The van der Waals surface area contributed by atoms with Crippen LogP contribution in [-0.4, -0.2) is 23.8 Å². The molecule has 0 spiro atoms. The summed E-state index contributed by atoms with van der Waals surface area (Å²) < 4.78 is 0. The van der Waals surface area contributed by atoms with Crippen molar-refractivity contribution in [1.82, 2.24) is 5.32 Å². The smallest absolute Gasteiger partial charge is 0.0663 e. The highest BCUT2D eigenvalue weighted by Crippen LogP contribution is 2.25. The minimum Gasteiger partial charge on any atom is -0.390 e. The molecular weight excluding hydrogens is 210 g/mol. The first-order valence-electron chi connectivity index (χ1n) is 6.63. The van der Waals surface area contributed by atoms with Gasteiger partial charge in [-0.25, -0.2) is 0 Å². The molecule has 1 aliphatic rings. The second-order valence-electron chi connectivity index (χ2n) is 5.58. The summed E-state index contributed by atoms with van der Waals surface area (Å²) in [6.07, 6.45) is 4.14. The zero-order valence-corrected chi connectivity index (χ0v) is 10.7. The fraction of sp³-hybridized carbons (Fsp3) is 0.600. The van der Waals surface area contributed by atoms with Gasteiger partial charge in [-0.1, -0.05) is 30.3 Å². The zero-order valence-electron chi connectivity index (χ0n) is 10.7. The Balaban J connectivity index is 1.89. The second-order valence-corrected chi connectivity index (χ2v) is 5.58. The lowest BCUT2D eigenvalue weighted by Crippen LogP contribution is -2.37. The van der Waals surface area contributed by atoms with E-state index in [4.69, 9.17) is 0 Å². The first-order chi connectivity index (χ1) is 8.16. The van der Waals surface area contributed by atoms with Gasteiger partial charge in [0.2, 0.25) is 0 Å². The van der Waals surface area contributed by atoms with E-state index in [1.54, 1.807) is 0 Å². The van der Waals surface area contributed by atoms with Gasteiger partial charge in [0.15, 0.2) is 0 Å². The third-order valence-electron chi connectivity index (χ3n) is 3.56. The summed E-state index contributed by atoms with van der Waals surface area (Å²) >= 11 is 0. The van der Waals surface area contributed by atoms with Crippen LogP contribution in [0.15, 0.2) is 30.3 Å². The van der Waals surface area contributed by atoms with Crippen LogP contribution in [0.25, 0.3) is 0 Å². The van der Waals surface area contributed by atoms with E-state index in [0.717, 1.165) is 25.9 Å². The molecule has 17 heavy (non-hydrogen) atoms. The minimum absolute atomic E-state index is 0.578. The lowest BCUT2D eigenvalue weighted by molar-refractivity contribution is 0.0301.